The zero-order valence-corrected chi connectivity index (χ0v) is 11.1. The third-order valence-electron chi connectivity index (χ3n) is 2.51. The number of anilines is 3. The average Bonchev–Trinajstić information content (AvgIpc) is 2.45. The molecule has 0 amide bonds. The van der Waals surface area contributed by atoms with Crippen LogP contribution in [-0.2, 0) is 0 Å². The van der Waals surface area contributed by atoms with Crippen molar-refractivity contribution >= 4 is 17.5 Å². The van der Waals surface area contributed by atoms with Crippen LogP contribution in [0.4, 0.5) is 26.2 Å². The van der Waals surface area contributed by atoms with Gasteiger partial charge in [0.1, 0.15) is 11.6 Å². The van der Waals surface area contributed by atoms with Crippen molar-refractivity contribution in [3.8, 4) is 5.75 Å². The number of benzene rings is 1. The molecule has 106 valence electrons. The maximum absolute atomic E-state index is 13.7. The molecule has 20 heavy (non-hydrogen) atoms. The minimum absolute atomic E-state index is 0.0735. The summed E-state index contributed by atoms with van der Waals surface area (Å²) in [6.07, 6.45) is 1.02. The van der Waals surface area contributed by atoms with Gasteiger partial charge in [0.2, 0.25) is 5.95 Å². The van der Waals surface area contributed by atoms with Gasteiger partial charge in [-0.05, 0) is 19.1 Å². The molecule has 1 aromatic heterocycles. The van der Waals surface area contributed by atoms with Crippen LogP contribution in [-0.4, -0.2) is 23.6 Å². The van der Waals surface area contributed by atoms with Gasteiger partial charge in [0.15, 0.2) is 11.6 Å². The standard InChI is InChI=1S/C13H14F2N4O/c1-3-16-13-17-7-10(15)12(19-13)18-11-6-8(20-2)4-5-9(11)14/h4-7H,3H2,1-2H3,(H2,16,17,18,19). The molecule has 0 unspecified atom stereocenters. The van der Waals surface area contributed by atoms with Crippen molar-refractivity contribution in [3.05, 3.63) is 36.0 Å². The second kappa shape index (κ2) is 6.14. The van der Waals surface area contributed by atoms with Crippen molar-refractivity contribution in [3.63, 3.8) is 0 Å². The third-order valence-corrected chi connectivity index (χ3v) is 2.51. The van der Waals surface area contributed by atoms with E-state index in [1.807, 2.05) is 6.92 Å². The average molecular weight is 280 g/mol. The van der Waals surface area contributed by atoms with Crippen molar-refractivity contribution in [2.45, 2.75) is 6.92 Å². The zero-order valence-electron chi connectivity index (χ0n) is 11.1. The number of halogens is 2. The largest absolute Gasteiger partial charge is 0.497 e. The number of nitrogens with zero attached hydrogens (tertiary/aromatic N) is 2. The minimum atomic E-state index is -0.672. The molecule has 0 radical (unpaired) electrons. The molecule has 0 fully saturated rings. The molecule has 7 heteroatoms. The summed E-state index contributed by atoms with van der Waals surface area (Å²) in [6.45, 7) is 2.46. The van der Waals surface area contributed by atoms with E-state index in [9.17, 15) is 8.78 Å². The smallest absolute Gasteiger partial charge is 0.224 e. The van der Waals surface area contributed by atoms with E-state index in [1.165, 1.54) is 25.3 Å². The first-order chi connectivity index (χ1) is 9.63. The number of hydrogen-bond donors (Lipinski definition) is 2. The van der Waals surface area contributed by atoms with E-state index in [0.717, 1.165) is 6.20 Å². The van der Waals surface area contributed by atoms with E-state index in [0.29, 0.717) is 12.3 Å². The highest BCUT2D eigenvalue weighted by Crippen LogP contribution is 2.25. The number of nitrogens with one attached hydrogen (secondary N) is 2. The number of methoxy groups -OCH3 is 1. The van der Waals surface area contributed by atoms with Crippen molar-refractivity contribution in [1.82, 2.24) is 9.97 Å². The Labute approximate surface area is 115 Å². The molecule has 1 heterocycles. The van der Waals surface area contributed by atoms with Crippen LogP contribution in [0.5, 0.6) is 5.75 Å². The Hall–Kier alpha value is -2.44. The molecule has 0 spiro atoms. The predicted molar refractivity (Wildman–Crippen MR) is 72.4 cm³/mol. The molecule has 0 atom stereocenters. The summed E-state index contributed by atoms with van der Waals surface area (Å²) in [4.78, 5) is 7.71. The van der Waals surface area contributed by atoms with Crippen molar-refractivity contribution < 1.29 is 13.5 Å². The number of hydrogen-bond acceptors (Lipinski definition) is 5. The first-order valence-corrected chi connectivity index (χ1v) is 6.01. The maximum atomic E-state index is 13.7. The van der Waals surface area contributed by atoms with E-state index in [-0.39, 0.29) is 17.5 Å². The molecular weight excluding hydrogens is 266 g/mol. The normalized spacial score (nSPS) is 10.2. The van der Waals surface area contributed by atoms with Crippen LogP contribution in [0.15, 0.2) is 24.4 Å². The van der Waals surface area contributed by atoms with Crippen molar-refractivity contribution in [1.29, 1.82) is 0 Å². The summed E-state index contributed by atoms with van der Waals surface area (Å²) in [6, 6.07) is 4.12. The molecule has 0 aliphatic rings. The van der Waals surface area contributed by atoms with Gasteiger partial charge in [-0.3, -0.25) is 0 Å². The fourth-order valence-electron chi connectivity index (χ4n) is 1.55. The summed E-state index contributed by atoms with van der Waals surface area (Å²) < 4.78 is 32.3. The predicted octanol–water partition coefficient (Wildman–Crippen LogP) is 2.94. The lowest BCUT2D eigenvalue weighted by molar-refractivity contribution is 0.414. The Bertz CT molecular complexity index is 607. The molecule has 2 rings (SSSR count). The molecule has 0 saturated heterocycles. The first kappa shape index (κ1) is 14.0. The zero-order chi connectivity index (χ0) is 14.5. The van der Waals surface area contributed by atoms with Gasteiger partial charge in [0.05, 0.1) is 19.0 Å². The molecule has 2 N–H and O–H groups in total. The van der Waals surface area contributed by atoms with Crippen LogP contribution in [0.3, 0.4) is 0 Å². The van der Waals surface area contributed by atoms with Crippen molar-refractivity contribution in [2.24, 2.45) is 0 Å². The number of aromatic nitrogens is 2. The molecule has 1 aromatic carbocycles. The lowest BCUT2D eigenvalue weighted by atomic mass is 10.3. The summed E-state index contributed by atoms with van der Waals surface area (Å²) >= 11 is 0. The summed E-state index contributed by atoms with van der Waals surface area (Å²) in [7, 11) is 1.46. The first-order valence-electron chi connectivity index (χ1n) is 6.01. The molecule has 2 aromatic rings. The Morgan fingerprint density at radius 3 is 2.75 bits per heavy atom. The minimum Gasteiger partial charge on any atom is -0.497 e. The highest BCUT2D eigenvalue weighted by Gasteiger charge is 2.10. The maximum Gasteiger partial charge on any atom is 0.224 e. The van der Waals surface area contributed by atoms with Gasteiger partial charge in [-0.1, -0.05) is 0 Å². The summed E-state index contributed by atoms with van der Waals surface area (Å²) in [5, 5.41) is 5.44. The summed E-state index contributed by atoms with van der Waals surface area (Å²) in [5.74, 6) is -0.597. The number of ether oxygens (including phenoxy) is 1. The van der Waals surface area contributed by atoms with E-state index >= 15 is 0 Å². The second-order valence-corrected chi connectivity index (χ2v) is 3.89. The third kappa shape index (κ3) is 3.11. The molecule has 0 bridgehead atoms. The van der Waals surface area contributed by atoms with Gasteiger partial charge >= 0.3 is 0 Å². The van der Waals surface area contributed by atoms with Gasteiger partial charge in [-0.2, -0.15) is 4.98 Å². The lowest BCUT2D eigenvalue weighted by Gasteiger charge is -2.10. The Balaban J connectivity index is 2.31. The van der Waals surface area contributed by atoms with Gasteiger partial charge in [-0.15, -0.1) is 0 Å². The monoisotopic (exact) mass is 280 g/mol. The topological polar surface area (TPSA) is 59.1 Å². The van der Waals surface area contributed by atoms with Gasteiger partial charge in [0.25, 0.3) is 0 Å². The van der Waals surface area contributed by atoms with Crippen LogP contribution in [0, 0.1) is 11.6 Å². The van der Waals surface area contributed by atoms with E-state index in [1.54, 1.807) is 0 Å². The molecule has 0 aliphatic heterocycles. The quantitative estimate of drug-likeness (QED) is 0.881. The van der Waals surface area contributed by atoms with Crippen LogP contribution >= 0.6 is 0 Å². The van der Waals surface area contributed by atoms with Crippen molar-refractivity contribution in [2.75, 3.05) is 24.3 Å². The second-order valence-electron chi connectivity index (χ2n) is 3.89. The fourth-order valence-corrected chi connectivity index (χ4v) is 1.55. The lowest BCUT2D eigenvalue weighted by Crippen LogP contribution is -2.06. The van der Waals surface area contributed by atoms with Gasteiger partial charge in [0, 0.05) is 12.6 Å². The molecule has 5 nitrogen and oxygen atoms in total. The molecule has 0 saturated carbocycles. The SMILES string of the molecule is CCNc1ncc(F)c(Nc2cc(OC)ccc2F)n1. The van der Waals surface area contributed by atoms with Crippen LogP contribution in [0.1, 0.15) is 6.92 Å². The molecule has 0 aliphatic carbocycles. The molecular formula is C13H14F2N4O. The van der Waals surface area contributed by atoms with Gasteiger partial charge in [-0.25, -0.2) is 13.8 Å². The van der Waals surface area contributed by atoms with E-state index < -0.39 is 11.6 Å². The number of rotatable bonds is 5. The Morgan fingerprint density at radius 2 is 2.05 bits per heavy atom. The van der Waals surface area contributed by atoms with E-state index in [2.05, 4.69) is 20.6 Å². The van der Waals surface area contributed by atoms with E-state index in [4.69, 9.17) is 4.74 Å². The summed E-state index contributed by atoms with van der Waals surface area (Å²) in [5.41, 5.74) is 0.0735. The van der Waals surface area contributed by atoms with Crippen LogP contribution in [0.25, 0.3) is 0 Å². The highest BCUT2D eigenvalue weighted by molar-refractivity contribution is 5.60. The fraction of sp³-hybridized carbons (Fsp3) is 0.231. The Morgan fingerprint density at radius 1 is 1.25 bits per heavy atom. The van der Waals surface area contributed by atoms with Crippen LogP contribution in [0.2, 0.25) is 0 Å². The van der Waals surface area contributed by atoms with Crippen LogP contribution < -0.4 is 15.4 Å². The highest BCUT2D eigenvalue weighted by atomic mass is 19.1. The Kier molecular flexibility index (Phi) is 4.29. The van der Waals surface area contributed by atoms with Gasteiger partial charge < -0.3 is 15.4 Å².